The van der Waals surface area contributed by atoms with Crippen LogP contribution < -0.4 is 4.74 Å². The molecule has 0 saturated heterocycles. The second kappa shape index (κ2) is 4.53. The first kappa shape index (κ1) is 10.3. The van der Waals surface area contributed by atoms with E-state index in [-0.39, 0.29) is 0 Å². The molecule has 1 aliphatic heterocycles. The summed E-state index contributed by atoms with van der Waals surface area (Å²) >= 11 is 0. The fourth-order valence-corrected chi connectivity index (χ4v) is 2.70. The maximum Gasteiger partial charge on any atom is 0.131 e. The molecule has 1 aliphatic rings. The Morgan fingerprint density at radius 3 is 1.75 bits per heavy atom. The highest BCUT2D eigenvalue weighted by molar-refractivity contribution is 5.57. The average Bonchev–Trinajstić information content (AvgIpc) is 2.56. The fraction of sp³-hybridized carbons (Fsp3) is 0.0526. The van der Waals surface area contributed by atoms with Crippen molar-refractivity contribution in [3.05, 3.63) is 95.6 Å². The third-order valence-electron chi connectivity index (χ3n) is 3.60. The molecule has 0 saturated carbocycles. The van der Waals surface area contributed by atoms with Crippen LogP contribution in [0.15, 0.2) is 78.9 Å². The van der Waals surface area contributed by atoms with Crippen molar-refractivity contribution in [2.24, 2.45) is 0 Å². The highest BCUT2D eigenvalue weighted by atomic mass is 16.5. The Morgan fingerprint density at radius 2 is 1.15 bits per heavy atom. The highest BCUT2D eigenvalue weighted by Gasteiger charge is 2.27. The van der Waals surface area contributed by atoms with Gasteiger partial charge < -0.3 is 4.74 Å². The molecule has 0 amide bonds. The number of rotatable bonds is 1. The predicted molar refractivity (Wildman–Crippen MR) is 80.3 cm³/mol. The molecule has 1 heteroatoms. The van der Waals surface area contributed by atoms with Crippen molar-refractivity contribution in [1.29, 1.82) is 0 Å². The van der Waals surface area contributed by atoms with Gasteiger partial charge in [0.25, 0.3) is 0 Å². The minimum absolute atomic E-state index is 0.759. The van der Waals surface area contributed by atoms with E-state index >= 15 is 0 Å². The quantitative estimate of drug-likeness (QED) is 0.599. The van der Waals surface area contributed by atoms with Crippen LogP contribution in [-0.4, -0.2) is 0 Å². The maximum atomic E-state index is 9.25. The van der Waals surface area contributed by atoms with E-state index in [9.17, 15) is 1.37 Å². The van der Waals surface area contributed by atoms with Crippen molar-refractivity contribution >= 4 is 0 Å². The Labute approximate surface area is 119 Å². The van der Waals surface area contributed by atoms with Crippen LogP contribution in [0.1, 0.15) is 24.0 Å². The molecule has 3 aromatic rings. The molecular weight excluding hydrogens is 244 g/mol. The molecule has 0 unspecified atom stereocenters. The first-order valence-corrected chi connectivity index (χ1v) is 6.72. The van der Waals surface area contributed by atoms with Crippen LogP contribution in [0.25, 0.3) is 0 Å². The third-order valence-corrected chi connectivity index (χ3v) is 3.60. The highest BCUT2D eigenvalue weighted by Crippen LogP contribution is 2.46. The molecular formula is C19H14O. The summed E-state index contributed by atoms with van der Waals surface area (Å²) in [4.78, 5) is 0. The zero-order valence-electron chi connectivity index (χ0n) is 11.9. The normalized spacial score (nSPS) is 15.5. The van der Waals surface area contributed by atoms with Crippen molar-refractivity contribution in [3.8, 4) is 11.5 Å². The molecule has 1 heterocycles. The minimum atomic E-state index is -0.938. The van der Waals surface area contributed by atoms with Gasteiger partial charge in [0.1, 0.15) is 11.5 Å². The Bertz CT molecular complexity index is 750. The van der Waals surface area contributed by atoms with Crippen molar-refractivity contribution in [2.45, 2.75) is 5.89 Å². The van der Waals surface area contributed by atoms with E-state index in [2.05, 4.69) is 0 Å². The fourth-order valence-electron chi connectivity index (χ4n) is 2.70. The number of ether oxygens (including phenoxy) is 1. The molecule has 3 aromatic carbocycles. The molecule has 0 N–H and O–H groups in total. The topological polar surface area (TPSA) is 9.23 Å². The molecule has 0 aromatic heterocycles. The summed E-state index contributed by atoms with van der Waals surface area (Å²) in [5, 5.41) is 0. The molecule has 20 heavy (non-hydrogen) atoms. The van der Waals surface area contributed by atoms with E-state index < -0.39 is 5.89 Å². The number of fused-ring (bicyclic) bond motifs is 2. The minimum Gasteiger partial charge on any atom is -0.457 e. The zero-order chi connectivity index (χ0) is 14.3. The van der Waals surface area contributed by atoms with Gasteiger partial charge in [0.05, 0.1) is 0 Å². The van der Waals surface area contributed by atoms with Gasteiger partial charge in [-0.3, -0.25) is 0 Å². The molecule has 0 spiro atoms. The molecule has 0 bridgehead atoms. The van der Waals surface area contributed by atoms with Gasteiger partial charge in [0, 0.05) is 18.4 Å². The lowest BCUT2D eigenvalue weighted by Gasteiger charge is -2.28. The monoisotopic (exact) mass is 259 g/mol. The van der Waals surface area contributed by atoms with Gasteiger partial charge in [0.2, 0.25) is 0 Å². The smallest absolute Gasteiger partial charge is 0.131 e. The van der Waals surface area contributed by atoms with E-state index in [0.717, 1.165) is 28.2 Å². The first-order valence-electron chi connectivity index (χ1n) is 7.22. The molecule has 1 nitrogen and oxygen atoms in total. The Hall–Kier alpha value is -2.54. The largest absolute Gasteiger partial charge is 0.457 e. The Kier molecular flexibility index (Phi) is 2.33. The molecule has 0 aliphatic carbocycles. The molecule has 0 atom stereocenters. The number of hydrogen-bond acceptors (Lipinski definition) is 1. The van der Waals surface area contributed by atoms with Crippen LogP contribution in [0, 0.1) is 0 Å². The standard InChI is InChI=1S/C19H14O/c1-2-8-14(9-3-1)19-15-10-4-6-12-17(15)20-18-13-7-5-11-16(18)19/h1-13,19H/i19D. The SMILES string of the molecule is [2H]C1(c2ccccc2)c2ccccc2Oc2ccccc21. The van der Waals surface area contributed by atoms with E-state index in [4.69, 9.17) is 4.74 Å². The lowest BCUT2D eigenvalue weighted by Crippen LogP contribution is -2.11. The van der Waals surface area contributed by atoms with Crippen LogP contribution >= 0.6 is 0 Å². The van der Waals surface area contributed by atoms with Gasteiger partial charge in [-0.2, -0.15) is 0 Å². The first-order chi connectivity index (χ1) is 10.3. The Morgan fingerprint density at radius 1 is 0.650 bits per heavy atom. The maximum absolute atomic E-state index is 9.25. The summed E-state index contributed by atoms with van der Waals surface area (Å²) in [6, 6.07) is 25.6. The van der Waals surface area contributed by atoms with Crippen LogP contribution in [0.4, 0.5) is 0 Å². The van der Waals surface area contributed by atoms with E-state index in [1.165, 1.54) is 0 Å². The average molecular weight is 259 g/mol. The summed E-state index contributed by atoms with van der Waals surface area (Å²) in [5.74, 6) is 0.581. The summed E-state index contributed by atoms with van der Waals surface area (Å²) in [6.45, 7) is 0. The van der Waals surface area contributed by atoms with Crippen molar-refractivity contribution in [3.63, 3.8) is 0 Å². The summed E-state index contributed by atoms with van der Waals surface area (Å²) in [5.41, 5.74) is 2.72. The van der Waals surface area contributed by atoms with Crippen LogP contribution in [0.2, 0.25) is 0 Å². The van der Waals surface area contributed by atoms with E-state index in [1.807, 2.05) is 78.9 Å². The summed E-state index contributed by atoms with van der Waals surface area (Å²) in [6.07, 6.45) is 0. The summed E-state index contributed by atoms with van der Waals surface area (Å²) in [7, 11) is 0. The van der Waals surface area contributed by atoms with Gasteiger partial charge in [-0.05, 0) is 17.7 Å². The van der Waals surface area contributed by atoms with Crippen LogP contribution in [0.5, 0.6) is 11.5 Å². The van der Waals surface area contributed by atoms with Gasteiger partial charge in [-0.1, -0.05) is 66.7 Å². The second-order valence-corrected chi connectivity index (χ2v) is 4.84. The second-order valence-electron chi connectivity index (χ2n) is 4.84. The van der Waals surface area contributed by atoms with E-state index in [0.29, 0.717) is 0 Å². The molecule has 4 rings (SSSR count). The third kappa shape index (κ3) is 1.71. The predicted octanol–water partition coefficient (Wildman–Crippen LogP) is 4.97. The number of benzene rings is 3. The molecule has 96 valence electrons. The van der Waals surface area contributed by atoms with Crippen LogP contribution in [0.3, 0.4) is 0 Å². The zero-order valence-corrected chi connectivity index (χ0v) is 10.9. The van der Waals surface area contributed by atoms with Crippen molar-refractivity contribution < 1.29 is 6.11 Å². The van der Waals surface area contributed by atoms with Gasteiger partial charge in [-0.15, -0.1) is 0 Å². The van der Waals surface area contributed by atoms with Crippen LogP contribution in [-0.2, 0) is 0 Å². The van der Waals surface area contributed by atoms with Crippen molar-refractivity contribution in [1.82, 2.24) is 0 Å². The molecule has 0 radical (unpaired) electrons. The number of hydrogen-bond donors (Lipinski definition) is 0. The number of para-hydroxylation sites is 2. The van der Waals surface area contributed by atoms with Gasteiger partial charge in [-0.25, -0.2) is 0 Å². The van der Waals surface area contributed by atoms with Gasteiger partial charge >= 0.3 is 0 Å². The van der Waals surface area contributed by atoms with Crippen molar-refractivity contribution in [2.75, 3.05) is 0 Å². The lowest BCUT2D eigenvalue weighted by atomic mass is 9.83. The Balaban J connectivity index is 2.06. The molecule has 0 fully saturated rings. The van der Waals surface area contributed by atoms with E-state index in [1.54, 1.807) is 0 Å². The lowest BCUT2D eigenvalue weighted by molar-refractivity contribution is 0.453. The van der Waals surface area contributed by atoms with Gasteiger partial charge in [0.15, 0.2) is 0 Å². The summed E-state index contributed by atoms with van der Waals surface area (Å²) < 4.78 is 15.2.